The molecule has 0 aliphatic carbocycles. The standard InChI is InChI=1S/C9H12N2O2S/c12-8(13)5-7-1-3-11(6-7)9-10-2-4-14-9/h2,4,7H,1,3,5-6H2,(H,12,13). The molecule has 1 aliphatic heterocycles. The third kappa shape index (κ3) is 2.04. The molecule has 76 valence electrons. The maximum atomic E-state index is 10.5. The van der Waals surface area contributed by atoms with Gasteiger partial charge in [-0.1, -0.05) is 0 Å². The first-order valence-corrected chi connectivity index (χ1v) is 5.50. The van der Waals surface area contributed by atoms with Crippen LogP contribution in [-0.4, -0.2) is 29.1 Å². The van der Waals surface area contributed by atoms with Gasteiger partial charge in [0.15, 0.2) is 5.13 Å². The summed E-state index contributed by atoms with van der Waals surface area (Å²) in [5.41, 5.74) is 0. The number of aliphatic carboxylic acids is 1. The predicted molar refractivity (Wildman–Crippen MR) is 54.7 cm³/mol. The van der Waals surface area contributed by atoms with E-state index in [1.54, 1.807) is 17.5 Å². The number of rotatable bonds is 3. The highest BCUT2D eigenvalue weighted by molar-refractivity contribution is 7.13. The number of aromatic nitrogens is 1. The van der Waals surface area contributed by atoms with Crippen molar-refractivity contribution in [2.75, 3.05) is 18.0 Å². The number of anilines is 1. The van der Waals surface area contributed by atoms with Gasteiger partial charge in [0.2, 0.25) is 0 Å². The van der Waals surface area contributed by atoms with Crippen LogP contribution in [0.5, 0.6) is 0 Å². The fourth-order valence-electron chi connectivity index (χ4n) is 1.79. The van der Waals surface area contributed by atoms with Gasteiger partial charge in [-0.05, 0) is 12.3 Å². The molecule has 1 aromatic rings. The first-order valence-electron chi connectivity index (χ1n) is 4.62. The van der Waals surface area contributed by atoms with Gasteiger partial charge in [-0.15, -0.1) is 11.3 Å². The Hall–Kier alpha value is -1.10. The van der Waals surface area contributed by atoms with Gasteiger partial charge in [0.05, 0.1) is 0 Å². The Labute approximate surface area is 86.2 Å². The molecular weight excluding hydrogens is 200 g/mol. The molecule has 2 heterocycles. The summed E-state index contributed by atoms with van der Waals surface area (Å²) < 4.78 is 0. The topological polar surface area (TPSA) is 53.4 Å². The van der Waals surface area contributed by atoms with Gasteiger partial charge in [-0.3, -0.25) is 4.79 Å². The summed E-state index contributed by atoms with van der Waals surface area (Å²) in [7, 11) is 0. The predicted octanol–water partition coefficient (Wildman–Crippen LogP) is 1.44. The summed E-state index contributed by atoms with van der Waals surface area (Å²) in [4.78, 5) is 16.9. The molecule has 1 fully saturated rings. The number of carbonyl (C=O) groups is 1. The average molecular weight is 212 g/mol. The van der Waals surface area contributed by atoms with Crippen LogP contribution in [0.1, 0.15) is 12.8 Å². The molecule has 2 rings (SSSR count). The molecule has 0 radical (unpaired) electrons. The first kappa shape index (κ1) is 9.45. The van der Waals surface area contributed by atoms with Gasteiger partial charge in [-0.2, -0.15) is 0 Å². The monoisotopic (exact) mass is 212 g/mol. The molecule has 1 saturated heterocycles. The zero-order valence-electron chi connectivity index (χ0n) is 7.72. The first-order chi connectivity index (χ1) is 6.75. The molecule has 1 aromatic heterocycles. The van der Waals surface area contributed by atoms with Crippen molar-refractivity contribution in [1.82, 2.24) is 4.98 Å². The van der Waals surface area contributed by atoms with Gasteiger partial charge in [0.25, 0.3) is 0 Å². The van der Waals surface area contributed by atoms with E-state index in [0.717, 1.165) is 24.6 Å². The van der Waals surface area contributed by atoms with Crippen molar-refractivity contribution in [3.8, 4) is 0 Å². The molecule has 14 heavy (non-hydrogen) atoms. The van der Waals surface area contributed by atoms with Crippen molar-refractivity contribution < 1.29 is 9.90 Å². The van der Waals surface area contributed by atoms with Gasteiger partial charge >= 0.3 is 5.97 Å². The van der Waals surface area contributed by atoms with Gasteiger partial charge < -0.3 is 10.0 Å². The van der Waals surface area contributed by atoms with E-state index in [-0.39, 0.29) is 12.3 Å². The Bertz CT molecular complexity index is 313. The third-order valence-corrected chi connectivity index (χ3v) is 3.27. The lowest BCUT2D eigenvalue weighted by Crippen LogP contribution is -2.20. The number of carboxylic acid groups (broad SMARTS) is 1. The SMILES string of the molecule is O=C(O)CC1CCN(c2nccs2)C1. The summed E-state index contributed by atoms with van der Waals surface area (Å²) in [5, 5.41) is 11.6. The number of hydrogen-bond donors (Lipinski definition) is 1. The largest absolute Gasteiger partial charge is 0.481 e. The second-order valence-electron chi connectivity index (χ2n) is 3.51. The van der Waals surface area contributed by atoms with Gasteiger partial charge in [0, 0.05) is 31.1 Å². The molecule has 1 aliphatic rings. The quantitative estimate of drug-likeness (QED) is 0.823. The second kappa shape index (κ2) is 3.96. The van der Waals surface area contributed by atoms with Crippen LogP contribution in [0.3, 0.4) is 0 Å². The van der Waals surface area contributed by atoms with E-state index in [2.05, 4.69) is 9.88 Å². The lowest BCUT2D eigenvalue weighted by atomic mass is 10.1. The van der Waals surface area contributed by atoms with Crippen LogP contribution in [0.15, 0.2) is 11.6 Å². The second-order valence-corrected chi connectivity index (χ2v) is 4.39. The lowest BCUT2D eigenvalue weighted by Gasteiger charge is -2.13. The maximum Gasteiger partial charge on any atom is 0.303 e. The zero-order valence-corrected chi connectivity index (χ0v) is 8.54. The Morgan fingerprint density at radius 1 is 1.79 bits per heavy atom. The molecule has 0 aromatic carbocycles. The highest BCUT2D eigenvalue weighted by Crippen LogP contribution is 2.26. The van der Waals surface area contributed by atoms with Crippen molar-refractivity contribution in [3.05, 3.63) is 11.6 Å². The van der Waals surface area contributed by atoms with E-state index in [1.807, 2.05) is 5.38 Å². The summed E-state index contributed by atoms with van der Waals surface area (Å²) in [6.07, 6.45) is 3.03. The average Bonchev–Trinajstić information content (AvgIpc) is 2.69. The molecule has 0 spiro atoms. The van der Waals surface area contributed by atoms with Gasteiger partial charge in [-0.25, -0.2) is 4.98 Å². The van der Waals surface area contributed by atoms with Gasteiger partial charge in [0.1, 0.15) is 0 Å². The summed E-state index contributed by atoms with van der Waals surface area (Å²) in [6, 6.07) is 0. The van der Waals surface area contributed by atoms with Crippen molar-refractivity contribution in [1.29, 1.82) is 0 Å². The van der Waals surface area contributed by atoms with E-state index in [9.17, 15) is 4.79 Å². The lowest BCUT2D eigenvalue weighted by molar-refractivity contribution is -0.137. The fraction of sp³-hybridized carbons (Fsp3) is 0.556. The van der Waals surface area contributed by atoms with Crippen LogP contribution in [0, 0.1) is 5.92 Å². The van der Waals surface area contributed by atoms with E-state index in [4.69, 9.17) is 5.11 Å². The Morgan fingerprint density at radius 2 is 2.64 bits per heavy atom. The van der Waals surface area contributed by atoms with Crippen LogP contribution in [0.25, 0.3) is 0 Å². The minimum Gasteiger partial charge on any atom is -0.481 e. The highest BCUT2D eigenvalue weighted by atomic mass is 32.1. The number of nitrogens with zero attached hydrogens (tertiary/aromatic N) is 2. The highest BCUT2D eigenvalue weighted by Gasteiger charge is 2.25. The number of carboxylic acids is 1. The minimum atomic E-state index is -0.698. The fourth-order valence-corrected chi connectivity index (χ4v) is 2.47. The van der Waals surface area contributed by atoms with Crippen molar-refractivity contribution in [2.45, 2.75) is 12.8 Å². The van der Waals surface area contributed by atoms with E-state index in [0.29, 0.717) is 0 Å². The Morgan fingerprint density at radius 3 is 3.29 bits per heavy atom. The van der Waals surface area contributed by atoms with E-state index < -0.39 is 5.97 Å². The Balaban J connectivity index is 1.92. The maximum absolute atomic E-state index is 10.5. The third-order valence-electron chi connectivity index (χ3n) is 2.44. The molecule has 1 atom stereocenters. The minimum absolute atomic E-state index is 0.280. The number of hydrogen-bond acceptors (Lipinski definition) is 4. The smallest absolute Gasteiger partial charge is 0.303 e. The van der Waals surface area contributed by atoms with Crippen LogP contribution < -0.4 is 4.90 Å². The molecule has 4 nitrogen and oxygen atoms in total. The molecular formula is C9H12N2O2S. The van der Waals surface area contributed by atoms with Crippen molar-refractivity contribution in [3.63, 3.8) is 0 Å². The summed E-state index contributed by atoms with van der Waals surface area (Å²) in [5.74, 6) is -0.410. The molecule has 5 heteroatoms. The van der Waals surface area contributed by atoms with Crippen LogP contribution in [0.4, 0.5) is 5.13 Å². The normalized spacial score (nSPS) is 21.4. The molecule has 1 unspecified atom stereocenters. The van der Waals surface area contributed by atoms with E-state index in [1.165, 1.54) is 0 Å². The zero-order chi connectivity index (χ0) is 9.97. The van der Waals surface area contributed by atoms with E-state index >= 15 is 0 Å². The van der Waals surface area contributed by atoms with Crippen LogP contribution in [0.2, 0.25) is 0 Å². The Kier molecular flexibility index (Phi) is 2.67. The van der Waals surface area contributed by atoms with Crippen molar-refractivity contribution in [2.24, 2.45) is 5.92 Å². The summed E-state index contributed by atoms with van der Waals surface area (Å²) >= 11 is 1.61. The molecule has 0 amide bonds. The molecule has 1 N–H and O–H groups in total. The van der Waals surface area contributed by atoms with Crippen molar-refractivity contribution >= 4 is 22.4 Å². The summed E-state index contributed by atoms with van der Waals surface area (Å²) in [6.45, 7) is 1.77. The number of thiazole rings is 1. The van der Waals surface area contributed by atoms with Crippen LogP contribution >= 0.6 is 11.3 Å². The molecule has 0 saturated carbocycles. The molecule has 0 bridgehead atoms. The van der Waals surface area contributed by atoms with Crippen LogP contribution in [-0.2, 0) is 4.79 Å².